The van der Waals surface area contributed by atoms with Crippen LogP contribution in [0.1, 0.15) is 108 Å². The molecule has 2 heterocycles. The zero-order valence-corrected chi connectivity index (χ0v) is 25.3. The number of H-pyrrole nitrogens is 1. The molecule has 0 aromatic carbocycles. The van der Waals surface area contributed by atoms with Gasteiger partial charge >= 0.3 is 5.69 Å². The minimum absolute atomic E-state index is 0.0345. The summed E-state index contributed by atoms with van der Waals surface area (Å²) in [6.07, 6.45) is 14.3. The van der Waals surface area contributed by atoms with Crippen molar-refractivity contribution in [3.63, 3.8) is 0 Å². The molecule has 6 unspecified atom stereocenters. The summed E-state index contributed by atoms with van der Waals surface area (Å²) in [7, 11) is 3.43. The third-order valence-corrected chi connectivity index (χ3v) is 10.5. The molecule has 2 N–H and O–H groups in total. The molecule has 11 nitrogen and oxygen atoms in total. The molecule has 0 spiro atoms. The number of hydrogen-bond donors (Lipinski definition) is 2. The van der Waals surface area contributed by atoms with Gasteiger partial charge in [-0.25, -0.2) is 9.48 Å². The van der Waals surface area contributed by atoms with Gasteiger partial charge in [-0.1, -0.05) is 31.4 Å². The molecule has 3 aliphatic carbocycles. The number of aromatic nitrogens is 7. The van der Waals surface area contributed by atoms with Crippen LogP contribution < -0.4 is 5.69 Å². The summed E-state index contributed by atoms with van der Waals surface area (Å²) in [6.45, 7) is 3.07. The molecule has 0 bridgehead atoms. The van der Waals surface area contributed by atoms with Crippen molar-refractivity contribution in [3.8, 4) is 0 Å². The van der Waals surface area contributed by atoms with E-state index in [1.165, 1.54) is 36.8 Å². The van der Waals surface area contributed by atoms with Gasteiger partial charge in [-0.2, -0.15) is 10.3 Å². The third-order valence-electron chi connectivity index (χ3n) is 10.5. The van der Waals surface area contributed by atoms with Crippen LogP contribution in [0.2, 0.25) is 0 Å². The fourth-order valence-corrected chi connectivity index (χ4v) is 8.10. The van der Waals surface area contributed by atoms with E-state index in [9.17, 15) is 9.90 Å². The van der Waals surface area contributed by atoms with Gasteiger partial charge in [-0.3, -0.25) is 4.57 Å². The summed E-state index contributed by atoms with van der Waals surface area (Å²) in [4.78, 5) is 13.7. The SMILES string of the molecule is CCCCc1nn(CC(O)C2CC(OC)CCC2OC)c(=O)n1CC1CCC(C2CCCCC2c2nn[nH]n2)CC1. The highest BCUT2D eigenvalue weighted by Gasteiger charge is 2.38. The molecule has 3 saturated carbocycles. The van der Waals surface area contributed by atoms with Crippen molar-refractivity contribution in [3.05, 3.63) is 22.1 Å². The molecule has 41 heavy (non-hydrogen) atoms. The zero-order chi connectivity index (χ0) is 28.8. The van der Waals surface area contributed by atoms with E-state index in [-0.39, 0.29) is 30.4 Å². The normalized spacial score (nSPS) is 31.8. The van der Waals surface area contributed by atoms with E-state index in [0.717, 1.165) is 76.0 Å². The molecule has 11 heteroatoms. The molecule has 0 saturated heterocycles. The number of rotatable bonds is 12. The Hall–Kier alpha value is -2.11. The van der Waals surface area contributed by atoms with Gasteiger partial charge in [0.1, 0.15) is 5.82 Å². The first-order valence-corrected chi connectivity index (χ1v) is 16.2. The monoisotopic (exact) mass is 573 g/mol. The standard InChI is InChI=1S/C30H51N7O4/c1-4-5-10-28-33-37(19-26(38)25-17-22(40-2)15-16-27(25)41-3)30(39)36(28)18-20-11-13-21(14-12-20)23-8-6-7-9-24(23)29-31-34-35-32-29/h20-27,38H,4-19H2,1-3H3,(H,31,32,34,35). The number of nitrogens with one attached hydrogen (secondary N) is 1. The maximum Gasteiger partial charge on any atom is 0.346 e. The quantitative estimate of drug-likeness (QED) is 0.391. The first kappa shape index (κ1) is 30.4. The van der Waals surface area contributed by atoms with Crippen LogP contribution >= 0.6 is 0 Å². The van der Waals surface area contributed by atoms with Gasteiger partial charge in [0.25, 0.3) is 0 Å². The van der Waals surface area contributed by atoms with Crippen LogP contribution in [0.15, 0.2) is 4.79 Å². The smallest absolute Gasteiger partial charge is 0.346 e. The van der Waals surface area contributed by atoms with E-state index in [1.54, 1.807) is 14.2 Å². The summed E-state index contributed by atoms with van der Waals surface area (Å²) in [5.41, 5.74) is -0.0882. The Kier molecular flexibility index (Phi) is 10.6. The lowest BCUT2D eigenvalue weighted by atomic mass is 9.66. The van der Waals surface area contributed by atoms with E-state index < -0.39 is 6.10 Å². The minimum atomic E-state index is -0.712. The van der Waals surface area contributed by atoms with Crippen LogP contribution in [-0.2, 0) is 29.0 Å². The molecule has 0 radical (unpaired) electrons. The van der Waals surface area contributed by atoms with Crippen LogP contribution in [0.25, 0.3) is 0 Å². The molecule has 0 amide bonds. The van der Waals surface area contributed by atoms with Crippen molar-refractivity contribution < 1.29 is 14.6 Å². The van der Waals surface area contributed by atoms with E-state index in [2.05, 4.69) is 27.5 Å². The van der Waals surface area contributed by atoms with Crippen molar-refractivity contribution in [1.82, 2.24) is 35.0 Å². The van der Waals surface area contributed by atoms with Gasteiger partial charge in [0, 0.05) is 39.0 Å². The van der Waals surface area contributed by atoms with Crippen molar-refractivity contribution in [2.24, 2.45) is 23.7 Å². The molecule has 2 aromatic heterocycles. The van der Waals surface area contributed by atoms with Gasteiger partial charge in [-0.15, -0.1) is 10.2 Å². The summed E-state index contributed by atoms with van der Waals surface area (Å²) >= 11 is 0. The number of aromatic amines is 1. The first-order valence-electron chi connectivity index (χ1n) is 16.2. The highest BCUT2D eigenvalue weighted by atomic mass is 16.5. The van der Waals surface area contributed by atoms with Crippen LogP contribution in [0.4, 0.5) is 0 Å². The summed E-state index contributed by atoms with van der Waals surface area (Å²) < 4.78 is 14.7. The largest absolute Gasteiger partial charge is 0.391 e. The van der Waals surface area contributed by atoms with Gasteiger partial charge < -0.3 is 14.6 Å². The highest BCUT2D eigenvalue weighted by Crippen LogP contribution is 2.46. The average Bonchev–Trinajstić information content (AvgIpc) is 3.65. The van der Waals surface area contributed by atoms with Crippen LogP contribution in [0, 0.1) is 23.7 Å². The Morgan fingerprint density at radius 3 is 2.56 bits per heavy atom. The molecular formula is C30H51N7O4. The first-order chi connectivity index (χ1) is 20.0. The molecule has 0 aliphatic heterocycles. The average molecular weight is 574 g/mol. The number of aliphatic hydroxyl groups excluding tert-OH is 1. The second-order valence-corrected chi connectivity index (χ2v) is 12.9. The highest BCUT2D eigenvalue weighted by molar-refractivity contribution is 5.00. The Morgan fingerprint density at radius 1 is 1.05 bits per heavy atom. The predicted molar refractivity (Wildman–Crippen MR) is 154 cm³/mol. The van der Waals surface area contributed by atoms with E-state index in [1.807, 2.05) is 4.57 Å². The summed E-state index contributed by atoms with van der Waals surface area (Å²) in [6, 6.07) is 0. The molecule has 3 aliphatic rings. The van der Waals surface area contributed by atoms with Crippen molar-refractivity contribution in [2.75, 3.05) is 14.2 Å². The fourth-order valence-electron chi connectivity index (χ4n) is 8.10. The van der Waals surface area contributed by atoms with E-state index >= 15 is 0 Å². The van der Waals surface area contributed by atoms with Gasteiger partial charge in [0.2, 0.25) is 0 Å². The van der Waals surface area contributed by atoms with Gasteiger partial charge in [-0.05, 0) is 82.0 Å². The van der Waals surface area contributed by atoms with Crippen LogP contribution in [0.5, 0.6) is 0 Å². The number of unbranched alkanes of at least 4 members (excludes halogenated alkanes) is 1. The lowest BCUT2D eigenvalue weighted by Gasteiger charge is -2.39. The topological polar surface area (TPSA) is 133 Å². The van der Waals surface area contributed by atoms with Crippen LogP contribution in [0.3, 0.4) is 0 Å². The predicted octanol–water partition coefficient (Wildman–Crippen LogP) is 3.87. The molecule has 3 fully saturated rings. The molecule has 5 rings (SSSR count). The van der Waals surface area contributed by atoms with Crippen LogP contribution in [-0.4, -0.2) is 72.6 Å². The summed E-state index contributed by atoms with van der Waals surface area (Å²) in [5.74, 6) is 3.86. The molecule has 6 atom stereocenters. The Morgan fingerprint density at radius 2 is 1.85 bits per heavy atom. The molecular weight excluding hydrogens is 522 g/mol. The van der Waals surface area contributed by atoms with Crippen molar-refractivity contribution in [2.45, 2.75) is 134 Å². The fraction of sp³-hybridized carbons (Fsp3) is 0.900. The molecule has 230 valence electrons. The number of aliphatic hydroxyl groups is 1. The Labute approximate surface area is 243 Å². The molecule has 2 aromatic rings. The number of ether oxygens (including phenoxy) is 2. The maximum absolute atomic E-state index is 13.7. The second kappa shape index (κ2) is 14.4. The number of tetrazole rings is 1. The maximum atomic E-state index is 13.7. The Balaban J connectivity index is 1.24. The van der Waals surface area contributed by atoms with E-state index in [4.69, 9.17) is 14.6 Å². The number of methoxy groups -OCH3 is 2. The minimum Gasteiger partial charge on any atom is -0.391 e. The lowest BCUT2D eigenvalue weighted by molar-refractivity contribution is -0.0805. The van der Waals surface area contributed by atoms with Gasteiger partial charge in [0.05, 0.1) is 24.9 Å². The Bertz CT molecular complexity index is 1110. The zero-order valence-electron chi connectivity index (χ0n) is 25.3. The van der Waals surface area contributed by atoms with Crippen molar-refractivity contribution >= 4 is 0 Å². The summed E-state index contributed by atoms with van der Waals surface area (Å²) in [5, 5.41) is 31.2. The lowest BCUT2D eigenvalue weighted by Crippen LogP contribution is -2.43. The second-order valence-electron chi connectivity index (χ2n) is 12.9. The van der Waals surface area contributed by atoms with Gasteiger partial charge in [0.15, 0.2) is 5.82 Å². The number of hydrogen-bond acceptors (Lipinski definition) is 8. The third kappa shape index (κ3) is 7.10. The van der Waals surface area contributed by atoms with E-state index in [0.29, 0.717) is 23.7 Å². The van der Waals surface area contributed by atoms with Crippen molar-refractivity contribution in [1.29, 1.82) is 0 Å². The number of aryl methyl sites for hydroxylation is 1. The number of nitrogens with zero attached hydrogens (tertiary/aromatic N) is 6.